The number of carbonyl (C=O) groups is 2. The average Bonchev–Trinajstić information content (AvgIpc) is 2.70. The van der Waals surface area contributed by atoms with Gasteiger partial charge in [-0.25, -0.2) is 9.59 Å². The summed E-state index contributed by atoms with van der Waals surface area (Å²) >= 11 is 0. The number of urea groups is 1. The number of carbonyl (C=O) groups excluding carboxylic acids is 1. The monoisotopic (exact) mass is 262 g/mol. The Hall–Kier alpha value is -2.04. The highest BCUT2D eigenvalue weighted by atomic mass is 16.4. The number of rotatable bonds is 2. The molecule has 1 aromatic carbocycles. The van der Waals surface area contributed by atoms with Crippen LogP contribution in [0.2, 0.25) is 0 Å². The minimum atomic E-state index is -1.00. The van der Waals surface area contributed by atoms with E-state index in [4.69, 9.17) is 5.11 Å². The van der Waals surface area contributed by atoms with Crippen LogP contribution in [0.15, 0.2) is 24.3 Å². The first-order valence-electron chi connectivity index (χ1n) is 6.27. The Bertz CT molecular complexity index is 511. The maximum Gasteiger partial charge on any atom is 0.335 e. The number of benzene rings is 1. The van der Waals surface area contributed by atoms with E-state index in [2.05, 4.69) is 19.2 Å². The summed E-state index contributed by atoms with van der Waals surface area (Å²) in [6.07, 6.45) is 0.982. The van der Waals surface area contributed by atoms with Crippen molar-refractivity contribution in [3.8, 4) is 0 Å². The van der Waals surface area contributed by atoms with Gasteiger partial charge < -0.3 is 15.3 Å². The number of nitrogens with zero attached hydrogens (tertiary/aromatic N) is 1. The molecule has 0 aliphatic carbocycles. The zero-order chi connectivity index (χ0) is 14.0. The maximum atomic E-state index is 12.1. The summed E-state index contributed by atoms with van der Waals surface area (Å²) in [6.45, 7) is 5.71. The van der Waals surface area contributed by atoms with Crippen molar-refractivity contribution >= 4 is 17.7 Å². The number of anilines is 1. The summed E-state index contributed by atoms with van der Waals surface area (Å²) in [5.41, 5.74) is 0.828. The predicted molar refractivity (Wildman–Crippen MR) is 72.4 cm³/mol. The number of hydrogen-bond acceptors (Lipinski definition) is 2. The van der Waals surface area contributed by atoms with Gasteiger partial charge in [0.05, 0.1) is 5.56 Å². The smallest absolute Gasteiger partial charge is 0.335 e. The minimum absolute atomic E-state index is 0.153. The van der Waals surface area contributed by atoms with E-state index in [1.54, 1.807) is 17.0 Å². The Morgan fingerprint density at radius 1 is 1.37 bits per heavy atom. The summed E-state index contributed by atoms with van der Waals surface area (Å²) in [7, 11) is 0. The molecule has 0 radical (unpaired) electrons. The van der Waals surface area contributed by atoms with Crippen LogP contribution >= 0.6 is 0 Å². The molecule has 5 heteroatoms. The molecular formula is C14H18N2O3. The van der Waals surface area contributed by atoms with Gasteiger partial charge >= 0.3 is 12.0 Å². The highest BCUT2D eigenvalue weighted by molar-refractivity contribution is 5.93. The largest absolute Gasteiger partial charge is 0.478 e. The number of hydrogen-bond donors (Lipinski definition) is 2. The molecule has 1 saturated heterocycles. The third-order valence-corrected chi connectivity index (χ3v) is 3.33. The first-order chi connectivity index (χ1) is 8.87. The maximum absolute atomic E-state index is 12.1. The van der Waals surface area contributed by atoms with Crippen LogP contribution in [0.4, 0.5) is 10.5 Å². The van der Waals surface area contributed by atoms with E-state index >= 15 is 0 Å². The molecule has 0 unspecified atom stereocenters. The van der Waals surface area contributed by atoms with E-state index in [-0.39, 0.29) is 17.0 Å². The molecule has 0 aromatic heterocycles. The SMILES string of the molecule is CC1(C)CCN(C(=O)Nc2cccc(C(=O)O)c2)C1. The zero-order valence-corrected chi connectivity index (χ0v) is 11.1. The van der Waals surface area contributed by atoms with Gasteiger partial charge in [-0.2, -0.15) is 0 Å². The molecule has 2 amide bonds. The minimum Gasteiger partial charge on any atom is -0.478 e. The fourth-order valence-corrected chi connectivity index (χ4v) is 2.22. The second-order valence-corrected chi connectivity index (χ2v) is 5.65. The first-order valence-corrected chi connectivity index (χ1v) is 6.27. The van der Waals surface area contributed by atoms with Crippen molar-refractivity contribution in [2.75, 3.05) is 18.4 Å². The third kappa shape index (κ3) is 3.24. The second kappa shape index (κ2) is 4.91. The van der Waals surface area contributed by atoms with Crippen molar-refractivity contribution < 1.29 is 14.7 Å². The second-order valence-electron chi connectivity index (χ2n) is 5.65. The van der Waals surface area contributed by atoms with Gasteiger partial charge in [-0.1, -0.05) is 19.9 Å². The van der Waals surface area contributed by atoms with Gasteiger partial charge in [0, 0.05) is 18.8 Å². The van der Waals surface area contributed by atoms with E-state index < -0.39 is 5.97 Å². The summed E-state index contributed by atoms with van der Waals surface area (Å²) in [5.74, 6) is -1.00. The highest BCUT2D eigenvalue weighted by Crippen LogP contribution is 2.29. The van der Waals surface area contributed by atoms with Crippen LogP contribution in [0.25, 0.3) is 0 Å². The Morgan fingerprint density at radius 3 is 2.68 bits per heavy atom. The molecule has 5 nitrogen and oxygen atoms in total. The first kappa shape index (κ1) is 13.4. The van der Waals surface area contributed by atoms with Crippen LogP contribution in [0.5, 0.6) is 0 Å². The lowest BCUT2D eigenvalue weighted by Gasteiger charge is -2.20. The standard InChI is InChI=1S/C14H18N2O3/c1-14(2)6-7-16(9-14)13(19)15-11-5-3-4-10(8-11)12(17)18/h3-5,8H,6-7,9H2,1-2H3,(H,15,19)(H,17,18). The molecular weight excluding hydrogens is 244 g/mol. The van der Waals surface area contributed by atoms with E-state index in [9.17, 15) is 9.59 Å². The van der Waals surface area contributed by atoms with Gasteiger partial charge in [0.15, 0.2) is 0 Å². The van der Waals surface area contributed by atoms with Crippen LogP contribution < -0.4 is 5.32 Å². The number of likely N-dealkylation sites (tertiary alicyclic amines) is 1. The molecule has 0 bridgehead atoms. The average molecular weight is 262 g/mol. The fourth-order valence-electron chi connectivity index (χ4n) is 2.22. The Labute approximate surface area is 112 Å². The van der Waals surface area contributed by atoms with Gasteiger partial charge in [0.1, 0.15) is 0 Å². The summed E-state index contributed by atoms with van der Waals surface area (Å²) in [4.78, 5) is 24.7. The van der Waals surface area contributed by atoms with Crippen molar-refractivity contribution in [3.05, 3.63) is 29.8 Å². The van der Waals surface area contributed by atoms with Gasteiger partial charge in [0.2, 0.25) is 0 Å². The van der Waals surface area contributed by atoms with Gasteiger partial charge in [-0.3, -0.25) is 0 Å². The molecule has 1 aliphatic heterocycles. The van der Waals surface area contributed by atoms with E-state index in [0.29, 0.717) is 5.69 Å². The molecule has 2 N–H and O–H groups in total. The molecule has 1 fully saturated rings. The summed E-state index contributed by atoms with van der Waals surface area (Å²) in [6, 6.07) is 6.09. The Balaban J connectivity index is 2.03. The molecule has 1 heterocycles. The topological polar surface area (TPSA) is 69.6 Å². The van der Waals surface area contributed by atoms with Crippen LogP contribution in [-0.2, 0) is 0 Å². The normalized spacial score (nSPS) is 17.3. The Morgan fingerprint density at radius 2 is 2.11 bits per heavy atom. The molecule has 0 saturated carbocycles. The van der Waals surface area contributed by atoms with Gasteiger partial charge in [-0.15, -0.1) is 0 Å². The molecule has 102 valence electrons. The van der Waals surface area contributed by atoms with Gasteiger partial charge in [0.25, 0.3) is 0 Å². The van der Waals surface area contributed by atoms with E-state index in [1.165, 1.54) is 12.1 Å². The highest BCUT2D eigenvalue weighted by Gasteiger charge is 2.31. The molecule has 0 spiro atoms. The number of carboxylic acid groups (broad SMARTS) is 1. The molecule has 0 atom stereocenters. The number of amides is 2. The molecule has 19 heavy (non-hydrogen) atoms. The lowest BCUT2D eigenvalue weighted by Crippen LogP contribution is -2.34. The molecule has 1 aliphatic rings. The zero-order valence-electron chi connectivity index (χ0n) is 11.1. The third-order valence-electron chi connectivity index (χ3n) is 3.33. The van der Waals surface area contributed by atoms with Crippen LogP contribution in [-0.4, -0.2) is 35.1 Å². The number of carboxylic acids is 1. The number of nitrogens with one attached hydrogen (secondary N) is 1. The van der Waals surface area contributed by atoms with Crippen LogP contribution in [0.1, 0.15) is 30.6 Å². The lowest BCUT2D eigenvalue weighted by molar-refractivity contribution is 0.0697. The van der Waals surface area contributed by atoms with Gasteiger partial charge in [-0.05, 0) is 30.0 Å². The van der Waals surface area contributed by atoms with Crippen molar-refractivity contribution in [2.45, 2.75) is 20.3 Å². The van der Waals surface area contributed by atoms with Crippen LogP contribution in [0, 0.1) is 5.41 Å². The summed E-state index contributed by atoms with van der Waals surface area (Å²) < 4.78 is 0. The van der Waals surface area contributed by atoms with Crippen molar-refractivity contribution in [3.63, 3.8) is 0 Å². The van der Waals surface area contributed by atoms with E-state index in [0.717, 1.165) is 19.5 Å². The Kier molecular flexibility index (Phi) is 3.46. The molecule has 2 rings (SSSR count). The van der Waals surface area contributed by atoms with Crippen LogP contribution in [0.3, 0.4) is 0 Å². The van der Waals surface area contributed by atoms with Crippen molar-refractivity contribution in [1.82, 2.24) is 4.90 Å². The lowest BCUT2D eigenvalue weighted by atomic mass is 9.93. The quantitative estimate of drug-likeness (QED) is 0.860. The number of aromatic carboxylic acids is 1. The van der Waals surface area contributed by atoms with Crippen molar-refractivity contribution in [2.24, 2.45) is 5.41 Å². The van der Waals surface area contributed by atoms with Crippen molar-refractivity contribution in [1.29, 1.82) is 0 Å². The fraction of sp³-hybridized carbons (Fsp3) is 0.429. The predicted octanol–water partition coefficient (Wildman–Crippen LogP) is 2.65. The van der Waals surface area contributed by atoms with E-state index in [1.807, 2.05) is 0 Å². The molecule has 1 aromatic rings. The summed E-state index contributed by atoms with van der Waals surface area (Å²) in [5, 5.41) is 11.6.